The lowest BCUT2D eigenvalue weighted by atomic mass is 10.1. The average molecular weight is 464 g/mol. The van der Waals surface area contributed by atoms with Crippen LogP contribution in [-0.4, -0.2) is 79.5 Å². The second-order valence-corrected chi connectivity index (χ2v) is 8.30. The summed E-state index contributed by atoms with van der Waals surface area (Å²) in [6.07, 6.45) is -0.588. The van der Waals surface area contributed by atoms with Crippen LogP contribution in [0, 0.1) is 11.2 Å². The van der Waals surface area contributed by atoms with Gasteiger partial charge in [0, 0.05) is 20.0 Å². The number of amides is 3. The van der Waals surface area contributed by atoms with E-state index in [4.69, 9.17) is 9.57 Å². The van der Waals surface area contributed by atoms with Gasteiger partial charge in [0.05, 0.1) is 37.6 Å². The number of nitrogens with zero attached hydrogens (tertiary/aromatic N) is 3. The van der Waals surface area contributed by atoms with Gasteiger partial charge < -0.3 is 20.1 Å². The summed E-state index contributed by atoms with van der Waals surface area (Å²) in [5.41, 5.74) is -0.797. The largest absolute Gasteiger partial charge is 0.480 e. The maximum absolute atomic E-state index is 15.0. The number of cyclic esters (lactones) is 1. The molecule has 0 unspecified atom stereocenters. The highest BCUT2D eigenvalue weighted by Gasteiger charge is 2.59. The molecule has 1 aromatic carbocycles. The summed E-state index contributed by atoms with van der Waals surface area (Å²) in [5.74, 6) is -2.53. The van der Waals surface area contributed by atoms with Crippen LogP contribution in [0.1, 0.15) is 19.8 Å². The lowest BCUT2D eigenvalue weighted by Crippen LogP contribution is -2.42. The van der Waals surface area contributed by atoms with Gasteiger partial charge in [0.15, 0.2) is 0 Å². The molecule has 3 aliphatic rings. The van der Waals surface area contributed by atoms with E-state index in [2.05, 4.69) is 5.32 Å². The van der Waals surface area contributed by atoms with Gasteiger partial charge in [0.1, 0.15) is 17.3 Å². The first kappa shape index (κ1) is 22.8. The Balaban J connectivity index is 1.40. The molecule has 0 spiro atoms. The first-order chi connectivity index (χ1) is 15.7. The van der Waals surface area contributed by atoms with Gasteiger partial charge in [0.2, 0.25) is 5.91 Å². The fraction of sp³-hybridized carbons (Fsp3) is 0.524. The Morgan fingerprint density at radius 3 is 2.64 bits per heavy atom. The van der Waals surface area contributed by atoms with E-state index in [1.165, 1.54) is 24.0 Å². The van der Waals surface area contributed by atoms with Crippen LogP contribution in [0.3, 0.4) is 0 Å². The Morgan fingerprint density at radius 1 is 1.24 bits per heavy atom. The zero-order valence-corrected chi connectivity index (χ0v) is 18.1. The van der Waals surface area contributed by atoms with E-state index in [9.17, 15) is 28.7 Å². The van der Waals surface area contributed by atoms with Crippen molar-refractivity contribution in [2.24, 2.45) is 5.41 Å². The number of carbonyl (C=O) groups excluding carboxylic acids is 3. The standard InChI is InChI=1S/C21H25FN4O7/c1-13(27)23-11-15-12-25(20(31)33-15)14-2-3-17(16(22)10-14)24-6-7-26(32-9-8-24)18(28)21(4-5-21)19(29)30/h2-3,10,15H,4-9,11-12H2,1H3,(H,23,27)(H,29,30)/t15-/m0/s1. The number of ether oxygens (including phenoxy) is 1. The minimum Gasteiger partial charge on any atom is -0.480 e. The summed E-state index contributed by atoms with van der Waals surface area (Å²) in [5, 5.41) is 13.0. The Bertz CT molecular complexity index is 983. The summed E-state index contributed by atoms with van der Waals surface area (Å²) in [6, 6.07) is 4.37. The lowest BCUT2D eigenvalue weighted by Gasteiger charge is -2.24. The Morgan fingerprint density at radius 2 is 2.00 bits per heavy atom. The molecule has 3 amide bonds. The predicted octanol–water partition coefficient (Wildman–Crippen LogP) is 0.732. The van der Waals surface area contributed by atoms with Gasteiger partial charge in [-0.15, -0.1) is 0 Å². The average Bonchev–Trinajstić information content (AvgIpc) is 3.54. The molecule has 2 heterocycles. The molecule has 2 aliphatic heterocycles. The molecule has 3 fully saturated rings. The van der Waals surface area contributed by atoms with E-state index in [1.54, 1.807) is 11.0 Å². The Kier molecular flexibility index (Phi) is 6.11. The van der Waals surface area contributed by atoms with E-state index >= 15 is 0 Å². The number of halogens is 1. The topological polar surface area (TPSA) is 129 Å². The maximum atomic E-state index is 15.0. The quantitative estimate of drug-likeness (QED) is 0.590. The SMILES string of the molecule is CC(=O)NC[C@H]1CN(c2ccc(N3CCON(C(=O)C4(C(=O)O)CC4)CC3)c(F)c2)C(=O)O1. The van der Waals surface area contributed by atoms with Gasteiger partial charge in [-0.2, -0.15) is 0 Å². The van der Waals surface area contributed by atoms with E-state index in [1.807, 2.05) is 0 Å². The molecule has 0 aromatic heterocycles. The Hall–Kier alpha value is -3.41. The maximum Gasteiger partial charge on any atom is 0.414 e. The normalized spacial score (nSPS) is 21.9. The van der Waals surface area contributed by atoms with Crippen molar-refractivity contribution in [3.8, 4) is 0 Å². The second-order valence-electron chi connectivity index (χ2n) is 8.30. The number of hydroxylamine groups is 2. The summed E-state index contributed by atoms with van der Waals surface area (Å²) in [4.78, 5) is 55.7. The van der Waals surface area contributed by atoms with Gasteiger partial charge in [-0.3, -0.25) is 24.1 Å². The van der Waals surface area contributed by atoms with Crippen molar-refractivity contribution in [2.75, 3.05) is 49.1 Å². The number of aliphatic carboxylic acids is 1. The molecule has 4 rings (SSSR count). The number of benzene rings is 1. The van der Waals surface area contributed by atoms with Crippen LogP contribution >= 0.6 is 0 Å². The highest BCUT2D eigenvalue weighted by atomic mass is 19.1. The third-order valence-corrected chi connectivity index (χ3v) is 6.01. The zero-order valence-electron chi connectivity index (χ0n) is 18.1. The second kappa shape index (κ2) is 8.85. The number of nitrogens with one attached hydrogen (secondary N) is 1. The van der Waals surface area contributed by atoms with E-state index in [-0.39, 0.29) is 57.2 Å². The molecule has 11 nitrogen and oxygen atoms in total. The lowest BCUT2D eigenvalue weighted by molar-refractivity contribution is -0.191. The molecule has 2 saturated heterocycles. The van der Waals surface area contributed by atoms with Gasteiger partial charge in [-0.05, 0) is 31.0 Å². The molecule has 12 heteroatoms. The number of carbonyl (C=O) groups is 4. The number of rotatable bonds is 6. The smallest absolute Gasteiger partial charge is 0.414 e. The number of carboxylic acids is 1. The van der Waals surface area contributed by atoms with Gasteiger partial charge in [-0.1, -0.05) is 0 Å². The van der Waals surface area contributed by atoms with Crippen LogP contribution in [0.15, 0.2) is 18.2 Å². The van der Waals surface area contributed by atoms with Crippen LogP contribution in [0.5, 0.6) is 0 Å². The molecule has 0 radical (unpaired) electrons. The van der Waals surface area contributed by atoms with E-state index in [0.717, 1.165) is 5.06 Å². The molecule has 1 aromatic rings. The molecule has 0 bridgehead atoms. The van der Waals surface area contributed by atoms with Crippen molar-refractivity contribution in [1.82, 2.24) is 10.4 Å². The molecule has 33 heavy (non-hydrogen) atoms. The van der Waals surface area contributed by atoms with Crippen molar-refractivity contribution >= 4 is 35.3 Å². The molecule has 178 valence electrons. The van der Waals surface area contributed by atoms with E-state index < -0.39 is 35.3 Å². The van der Waals surface area contributed by atoms with Crippen molar-refractivity contribution in [2.45, 2.75) is 25.9 Å². The molecule has 1 aliphatic carbocycles. The van der Waals surface area contributed by atoms with Crippen LogP contribution in [0.2, 0.25) is 0 Å². The minimum absolute atomic E-state index is 0.0892. The molecular formula is C21H25FN4O7. The van der Waals surface area contributed by atoms with Crippen molar-refractivity contribution in [1.29, 1.82) is 0 Å². The minimum atomic E-state index is -1.40. The molecule has 1 saturated carbocycles. The number of hydrogen-bond donors (Lipinski definition) is 2. The van der Waals surface area contributed by atoms with Crippen LogP contribution < -0.4 is 15.1 Å². The first-order valence-corrected chi connectivity index (χ1v) is 10.7. The Labute approximate surface area is 189 Å². The summed E-state index contributed by atoms with van der Waals surface area (Å²) < 4.78 is 20.2. The summed E-state index contributed by atoms with van der Waals surface area (Å²) in [6.45, 7) is 2.45. The summed E-state index contributed by atoms with van der Waals surface area (Å²) in [7, 11) is 0. The third-order valence-electron chi connectivity index (χ3n) is 6.01. The number of anilines is 2. The third kappa shape index (κ3) is 4.56. The van der Waals surface area contributed by atoms with Crippen LogP contribution in [0.4, 0.5) is 20.6 Å². The highest BCUT2D eigenvalue weighted by molar-refractivity contribution is 6.04. The van der Waals surface area contributed by atoms with Gasteiger partial charge in [0.25, 0.3) is 5.91 Å². The number of hydrogen-bond acceptors (Lipinski definition) is 7. The van der Waals surface area contributed by atoms with Crippen LogP contribution in [0.25, 0.3) is 0 Å². The van der Waals surface area contributed by atoms with Crippen LogP contribution in [-0.2, 0) is 24.0 Å². The molecular weight excluding hydrogens is 439 g/mol. The van der Waals surface area contributed by atoms with Crippen molar-refractivity contribution in [3.63, 3.8) is 0 Å². The fourth-order valence-corrected chi connectivity index (χ4v) is 3.95. The fourth-order valence-electron chi connectivity index (χ4n) is 3.95. The molecule has 2 N–H and O–H groups in total. The van der Waals surface area contributed by atoms with Crippen molar-refractivity contribution in [3.05, 3.63) is 24.0 Å². The zero-order chi connectivity index (χ0) is 23.8. The summed E-state index contributed by atoms with van der Waals surface area (Å²) >= 11 is 0. The predicted molar refractivity (Wildman–Crippen MR) is 112 cm³/mol. The van der Waals surface area contributed by atoms with Gasteiger partial charge in [-0.25, -0.2) is 14.2 Å². The highest BCUT2D eigenvalue weighted by Crippen LogP contribution is 2.47. The number of carboxylic acid groups (broad SMARTS) is 1. The monoisotopic (exact) mass is 464 g/mol. The first-order valence-electron chi connectivity index (χ1n) is 10.7. The van der Waals surface area contributed by atoms with E-state index in [0.29, 0.717) is 12.2 Å². The van der Waals surface area contributed by atoms with Crippen molar-refractivity contribution < 1.29 is 38.2 Å². The van der Waals surface area contributed by atoms with Gasteiger partial charge >= 0.3 is 12.1 Å². The molecule has 1 atom stereocenters.